The fourth-order valence-corrected chi connectivity index (χ4v) is 3.26. The van der Waals surface area contributed by atoms with Gasteiger partial charge in [-0.3, -0.25) is 4.79 Å². The number of carbonyl (C=O) groups excluding carboxylic acids is 1. The summed E-state index contributed by atoms with van der Waals surface area (Å²) in [6.45, 7) is 3.88. The maximum atomic E-state index is 12.0. The van der Waals surface area contributed by atoms with Crippen LogP contribution in [0, 0.1) is 0 Å². The van der Waals surface area contributed by atoms with E-state index in [1.807, 2.05) is 18.2 Å². The first kappa shape index (κ1) is 24.7. The number of benzene rings is 2. The molecule has 3 rings (SSSR count). The summed E-state index contributed by atoms with van der Waals surface area (Å²) in [7, 11) is 3.48. The highest BCUT2D eigenvalue weighted by Gasteiger charge is 2.09. The first-order chi connectivity index (χ1) is 14.5. The summed E-state index contributed by atoms with van der Waals surface area (Å²) in [5.41, 5.74) is 2.42. The van der Waals surface area contributed by atoms with Gasteiger partial charge in [0, 0.05) is 38.9 Å². The lowest BCUT2D eigenvalue weighted by atomic mass is 10.1. The Morgan fingerprint density at radius 3 is 2.52 bits per heavy atom. The number of likely N-dealkylation sites (N-methyl/N-ethyl adjacent to an activating group) is 1. The van der Waals surface area contributed by atoms with Gasteiger partial charge in [-0.25, -0.2) is 4.99 Å². The van der Waals surface area contributed by atoms with E-state index in [1.165, 1.54) is 16.5 Å². The van der Waals surface area contributed by atoms with Gasteiger partial charge in [-0.1, -0.05) is 48.5 Å². The number of aliphatic imine (C=N–C) groups is 1. The summed E-state index contributed by atoms with van der Waals surface area (Å²) in [6, 6.07) is 20.8. The third kappa shape index (κ3) is 7.27. The van der Waals surface area contributed by atoms with Gasteiger partial charge < -0.3 is 20.1 Å². The number of carbonyl (C=O) groups is 1. The summed E-state index contributed by atoms with van der Waals surface area (Å²) in [6.07, 6.45) is 3.08. The molecule has 1 atom stereocenters. The second-order valence-corrected chi connectivity index (χ2v) is 7.58. The molecule has 0 aliphatic carbocycles. The Morgan fingerprint density at radius 2 is 1.77 bits per heavy atom. The number of nitrogens with zero attached hydrogens (tertiary/aromatic N) is 3. The predicted octanol–water partition coefficient (Wildman–Crippen LogP) is 4.03. The molecule has 2 aromatic carbocycles. The van der Waals surface area contributed by atoms with Crippen LogP contribution in [0.15, 0.2) is 71.9 Å². The van der Waals surface area contributed by atoms with Crippen LogP contribution in [0.3, 0.4) is 0 Å². The monoisotopic (exact) mass is 533 g/mol. The smallest absolute Gasteiger partial charge is 0.243 e. The van der Waals surface area contributed by atoms with E-state index in [9.17, 15) is 4.79 Å². The predicted molar refractivity (Wildman–Crippen MR) is 139 cm³/mol. The highest BCUT2D eigenvalue weighted by atomic mass is 127. The Morgan fingerprint density at radius 1 is 1.06 bits per heavy atom. The summed E-state index contributed by atoms with van der Waals surface area (Å²) >= 11 is 0. The maximum absolute atomic E-state index is 12.0. The van der Waals surface area contributed by atoms with Crippen LogP contribution in [-0.4, -0.2) is 48.5 Å². The fraction of sp³-hybridized carbons (Fsp3) is 0.333. The zero-order valence-electron chi connectivity index (χ0n) is 18.4. The molecule has 0 saturated carbocycles. The molecule has 0 fully saturated rings. The minimum atomic E-state index is -0.0257. The second-order valence-electron chi connectivity index (χ2n) is 7.58. The van der Waals surface area contributed by atoms with Crippen LogP contribution in [0.5, 0.6) is 0 Å². The Hall–Kier alpha value is -2.55. The molecule has 2 N–H and O–H groups in total. The number of aryl methyl sites for hydroxylation is 1. The summed E-state index contributed by atoms with van der Waals surface area (Å²) in [5.74, 6) is 0.626. The topological polar surface area (TPSA) is 61.7 Å². The van der Waals surface area contributed by atoms with Crippen molar-refractivity contribution >= 4 is 46.7 Å². The van der Waals surface area contributed by atoms with Gasteiger partial charge in [-0.2, -0.15) is 0 Å². The molecule has 3 aromatic rings. The van der Waals surface area contributed by atoms with Crippen molar-refractivity contribution in [1.82, 2.24) is 20.1 Å². The molecule has 0 spiro atoms. The Kier molecular flexibility index (Phi) is 9.84. The van der Waals surface area contributed by atoms with Crippen LogP contribution in [0.4, 0.5) is 0 Å². The average Bonchev–Trinajstić information content (AvgIpc) is 3.18. The van der Waals surface area contributed by atoms with E-state index in [0.29, 0.717) is 5.96 Å². The van der Waals surface area contributed by atoms with E-state index >= 15 is 0 Å². The number of rotatable bonds is 8. The molecule has 31 heavy (non-hydrogen) atoms. The number of guanidine groups is 1. The van der Waals surface area contributed by atoms with Crippen molar-refractivity contribution in [1.29, 1.82) is 0 Å². The molecule has 0 radical (unpaired) electrons. The summed E-state index contributed by atoms with van der Waals surface area (Å²) in [5, 5.41) is 8.05. The molecule has 0 aliphatic rings. The molecule has 6 nitrogen and oxygen atoms in total. The average molecular weight is 533 g/mol. The highest BCUT2D eigenvalue weighted by Crippen LogP contribution is 2.15. The van der Waals surface area contributed by atoms with Gasteiger partial charge in [0.2, 0.25) is 5.91 Å². The highest BCUT2D eigenvalue weighted by molar-refractivity contribution is 14.0. The van der Waals surface area contributed by atoms with Gasteiger partial charge >= 0.3 is 0 Å². The third-order valence-electron chi connectivity index (χ3n) is 5.07. The molecule has 166 valence electrons. The molecular weight excluding hydrogens is 501 g/mol. The number of para-hydroxylation sites is 1. The lowest BCUT2D eigenvalue weighted by Crippen LogP contribution is -2.40. The maximum Gasteiger partial charge on any atom is 0.243 e. The van der Waals surface area contributed by atoms with Gasteiger partial charge in [0.25, 0.3) is 0 Å². The van der Waals surface area contributed by atoms with Crippen molar-refractivity contribution in [2.45, 2.75) is 25.9 Å². The van der Waals surface area contributed by atoms with Gasteiger partial charge in [0.15, 0.2) is 5.96 Å². The molecule has 1 unspecified atom stereocenters. The molecule has 1 amide bonds. The van der Waals surface area contributed by atoms with Crippen LogP contribution < -0.4 is 10.6 Å². The number of halogens is 1. The van der Waals surface area contributed by atoms with Gasteiger partial charge in [-0.15, -0.1) is 24.0 Å². The van der Waals surface area contributed by atoms with Crippen LogP contribution in [-0.2, 0) is 11.3 Å². The van der Waals surface area contributed by atoms with Crippen molar-refractivity contribution in [2.24, 2.45) is 4.99 Å². The Bertz CT molecular complexity index is 984. The van der Waals surface area contributed by atoms with Gasteiger partial charge in [-0.05, 0) is 36.4 Å². The zero-order chi connectivity index (χ0) is 21.3. The van der Waals surface area contributed by atoms with Crippen molar-refractivity contribution in [2.75, 3.05) is 27.2 Å². The molecule has 0 aliphatic heterocycles. The van der Waals surface area contributed by atoms with Gasteiger partial charge in [0.05, 0.1) is 6.04 Å². The number of hydrogen-bond acceptors (Lipinski definition) is 2. The van der Waals surface area contributed by atoms with Crippen molar-refractivity contribution in [3.63, 3.8) is 0 Å². The van der Waals surface area contributed by atoms with E-state index < -0.39 is 0 Å². The fourth-order valence-electron chi connectivity index (χ4n) is 3.26. The number of hydrogen-bond donors (Lipinski definition) is 2. The standard InChI is InChI=1S/C24H31N5O.HI/c1-19(20-10-5-4-6-11-20)27-24(26-18-23(30)28(2)3)25-15-9-16-29-17-14-21-12-7-8-13-22(21)29;/h4-8,10-14,17,19H,9,15-16,18H2,1-3H3,(H2,25,26,27);1H. The third-order valence-corrected chi connectivity index (χ3v) is 5.07. The lowest BCUT2D eigenvalue weighted by Gasteiger charge is -2.19. The summed E-state index contributed by atoms with van der Waals surface area (Å²) < 4.78 is 2.27. The number of nitrogens with one attached hydrogen (secondary N) is 2. The zero-order valence-corrected chi connectivity index (χ0v) is 20.7. The SMILES string of the molecule is CC(NC(=NCC(=O)N(C)C)NCCCn1ccc2ccccc21)c1ccccc1.I. The van der Waals surface area contributed by atoms with Crippen LogP contribution in [0.25, 0.3) is 10.9 Å². The van der Waals surface area contributed by atoms with Crippen molar-refractivity contribution in [3.05, 3.63) is 72.4 Å². The largest absolute Gasteiger partial charge is 0.356 e. The number of fused-ring (bicyclic) bond motifs is 1. The number of amides is 1. The Balaban J connectivity index is 0.00000341. The Labute approximate surface area is 201 Å². The minimum Gasteiger partial charge on any atom is -0.356 e. The lowest BCUT2D eigenvalue weighted by molar-refractivity contribution is -0.127. The minimum absolute atomic E-state index is 0. The van der Waals surface area contributed by atoms with E-state index in [2.05, 4.69) is 75.8 Å². The van der Waals surface area contributed by atoms with E-state index in [4.69, 9.17) is 0 Å². The molecule has 1 aromatic heterocycles. The molecule has 0 saturated heterocycles. The molecular formula is C24H32IN5O. The quantitative estimate of drug-likeness (QED) is 0.199. The van der Waals surface area contributed by atoms with Crippen molar-refractivity contribution < 1.29 is 4.79 Å². The molecule has 7 heteroatoms. The van der Waals surface area contributed by atoms with E-state index in [-0.39, 0.29) is 42.5 Å². The van der Waals surface area contributed by atoms with Crippen LogP contribution in [0.2, 0.25) is 0 Å². The number of aromatic nitrogens is 1. The van der Waals surface area contributed by atoms with E-state index in [1.54, 1.807) is 19.0 Å². The first-order valence-electron chi connectivity index (χ1n) is 10.4. The molecule has 1 heterocycles. The normalized spacial score (nSPS) is 12.2. The van der Waals surface area contributed by atoms with Crippen LogP contribution >= 0.6 is 24.0 Å². The first-order valence-corrected chi connectivity index (χ1v) is 10.4. The van der Waals surface area contributed by atoms with Gasteiger partial charge in [0.1, 0.15) is 6.54 Å². The van der Waals surface area contributed by atoms with Crippen LogP contribution in [0.1, 0.15) is 24.9 Å². The molecule has 0 bridgehead atoms. The van der Waals surface area contributed by atoms with Crippen molar-refractivity contribution in [3.8, 4) is 0 Å². The van der Waals surface area contributed by atoms with E-state index in [0.717, 1.165) is 19.5 Å². The second kappa shape index (κ2) is 12.3. The summed E-state index contributed by atoms with van der Waals surface area (Å²) in [4.78, 5) is 18.0.